The third kappa shape index (κ3) is 5.21. The summed E-state index contributed by atoms with van der Waals surface area (Å²) in [6.45, 7) is 2.46. The number of amides is 1. The summed E-state index contributed by atoms with van der Waals surface area (Å²) in [6, 6.07) is 11.7. The van der Waals surface area contributed by atoms with Crippen LogP contribution in [0.25, 0.3) is 0 Å². The van der Waals surface area contributed by atoms with Crippen molar-refractivity contribution >= 4 is 23.4 Å². The van der Waals surface area contributed by atoms with E-state index in [4.69, 9.17) is 4.99 Å². The SMILES string of the molecule is O=C(CCC1N=C(c2ccc(F)cc2)N=C1c1ccc(F)cc1)N1CCN(c2ncncn2)CC1. The van der Waals surface area contributed by atoms with Crippen molar-refractivity contribution in [2.75, 3.05) is 31.1 Å². The second kappa shape index (κ2) is 10.0. The Morgan fingerprint density at radius 1 is 0.857 bits per heavy atom. The van der Waals surface area contributed by atoms with E-state index < -0.39 is 0 Å². The molecule has 1 amide bonds. The molecule has 10 heteroatoms. The van der Waals surface area contributed by atoms with Crippen LogP contribution in [0.5, 0.6) is 0 Å². The van der Waals surface area contributed by atoms with Crippen LogP contribution >= 0.6 is 0 Å². The molecule has 1 unspecified atom stereocenters. The Morgan fingerprint density at radius 2 is 1.46 bits per heavy atom. The van der Waals surface area contributed by atoms with E-state index in [0.29, 0.717) is 62.1 Å². The monoisotopic (exact) mass is 475 g/mol. The molecule has 0 saturated carbocycles. The van der Waals surface area contributed by atoms with E-state index >= 15 is 0 Å². The van der Waals surface area contributed by atoms with Gasteiger partial charge < -0.3 is 9.80 Å². The minimum Gasteiger partial charge on any atom is -0.339 e. The molecule has 5 rings (SSSR count). The number of piperazine rings is 1. The summed E-state index contributed by atoms with van der Waals surface area (Å²) < 4.78 is 26.8. The first kappa shape index (κ1) is 22.7. The first-order chi connectivity index (χ1) is 17.1. The van der Waals surface area contributed by atoms with Crippen molar-refractivity contribution in [3.63, 3.8) is 0 Å². The molecule has 0 aliphatic carbocycles. The van der Waals surface area contributed by atoms with Gasteiger partial charge in [0.15, 0.2) is 5.84 Å². The zero-order valence-electron chi connectivity index (χ0n) is 18.9. The van der Waals surface area contributed by atoms with Crippen molar-refractivity contribution in [3.8, 4) is 0 Å². The summed E-state index contributed by atoms with van der Waals surface area (Å²) >= 11 is 0. The standard InChI is InChI=1S/C25H23F2N7O/c26-19-5-1-17(2-6-19)23-21(31-24(32-23)18-3-7-20(27)8-4-18)9-10-22(35)33-11-13-34(14-12-33)25-29-15-28-16-30-25/h1-8,15-16,21H,9-14H2. The number of nitrogens with zero attached hydrogens (tertiary/aromatic N) is 7. The quantitative estimate of drug-likeness (QED) is 0.547. The van der Waals surface area contributed by atoms with Gasteiger partial charge in [0.05, 0.1) is 11.8 Å². The lowest BCUT2D eigenvalue weighted by Gasteiger charge is -2.34. The smallest absolute Gasteiger partial charge is 0.228 e. The van der Waals surface area contributed by atoms with Gasteiger partial charge in [-0.05, 0) is 48.4 Å². The average molecular weight is 476 g/mol. The average Bonchev–Trinajstić information content (AvgIpc) is 3.33. The first-order valence-corrected chi connectivity index (χ1v) is 11.4. The van der Waals surface area contributed by atoms with Crippen molar-refractivity contribution in [3.05, 3.63) is 83.9 Å². The minimum absolute atomic E-state index is 0.0455. The van der Waals surface area contributed by atoms with Gasteiger partial charge in [-0.25, -0.2) is 28.7 Å². The van der Waals surface area contributed by atoms with Crippen LogP contribution in [0.1, 0.15) is 24.0 Å². The fraction of sp³-hybridized carbons (Fsp3) is 0.280. The van der Waals surface area contributed by atoms with E-state index in [-0.39, 0.29) is 23.6 Å². The van der Waals surface area contributed by atoms with E-state index in [9.17, 15) is 13.6 Å². The highest BCUT2D eigenvalue weighted by molar-refractivity contribution is 6.18. The van der Waals surface area contributed by atoms with Gasteiger partial charge in [0.25, 0.3) is 0 Å². The second-order valence-electron chi connectivity index (χ2n) is 8.32. The van der Waals surface area contributed by atoms with Gasteiger partial charge in [-0.15, -0.1) is 0 Å². The maximum absolute atomic E-state index is 13.5. The van der Waals surface area contributed by atoms with E-state index in [0.717, 1.165) is 5.56 Å². The number of carbonyl (C=O) groups excluding carboxylic acids is 1. The second-order valence-corrected chi connectivity index (χ2v) is 8.32. The number of rotatable bonds is 6. The van der Waals surface area contributed by atoms with Crippen molar-refractivity contribution in [2.45, 2.75) is 18.9 Å². The van der Waals surface area contributed by atoms with Crippen LogP contribution in [0, 0.1) is 11.6 Å². The molecule has 35 heavy (non-hydrogen) atoms. The normalized spacial score (nSPS) is 17.8. The van der Waals surface area contributed by atoms with Crippen LogP contribution in [0.2, 0.25) is 0 Å². The summed E-state index contributed by atoms with van der Waals surface area (Å²) in [5, 5.41) is 0. The molecule has 1 aromatic heterocycles. The number of hydrogen-bond acceptors (Lipinski definition) is 7. The highest BCUT2D eigenvalue weighted by Gasteiger charge is 2.28. The van der Waals surface area contributed by atoms with Crippen molar-refractivity contribution in [2.24, 2.45) is 9.98 Å². The molecule has 0 radical (unpaired) electrons. The van der Waals surface area contributed by atoms with Gasteiger partial charge in [-0.3, -0.25) is 9.79 Å². The molecular formula is C25H23F2N7O. The Bertz CT molecular complexity index is 1240. The molecule has 2 aliphatic rings. The number of benzene rings is 2. The van der Waals surface area contributed by atoms with E-state index in [2.05, 4.69) is 19.9 Å². The zero-order chi connectivity index (χ0) is 24.2. The van der Waals surface area contributed by atoms with E-state index in [1.54, 1.807) is 24.3 Å². The van der Waals surface area contributed by atoms with Crippen LogP contribution in [-0.4, -0.2) is 69.5 Å². The largest absolute Gasteiger partial charge is 0.339 e. The predicted octanol–water partition coefficient (Wildman–Crippen LogP) is 2.90. The minimum atomic E-state index is -0.351. The molecule has 2 aromatic carbocycles. The Labute approximate surface area is 201 Å². The maximum atomic E-state index is 13.5. The Balaban J connectivity index is 1.26. The molecule has 3 heterocycles. The van der Waals surface area contributed by atoms with Gasteiger partial charge in [-0.2, -0.15) is 0 Å². The molecule has 0 bridgehead atoms. The third-order valence-electron chi connectivity index (χ3n) is 6.09. The molecule has 0 N–H and O–H groups in total. The fourth-order valence-corrected chi connectivity index (χ4v) is 4.21. The van der Waals surface area contributed by atoms with Crippen LogP contribution in [-0.2, 0) is 4.79 Å². The molecule has 1 fully saturated rings. The number of anilines is 1. The molecule has 3 aromatic rings. The summed E-state index contributed by atoms with van der Waals surface area (Å²) in [5.41, 5.74) is 2.11. The highest BCUT2D eigenvalue weighted by Crippen LogP contribution is 2.22. The number of aromatic nitrogens is 3. The van der Waals surface area contributed by atoms with Crippen LogP contribution in [0.3, 0.4) is 0 Å². The Hall–Kier alpha value is -4.08. The maximum Gasteiger partial charge on any atom is 0.228 e. The fourth-order valence-electron chi connectivity index (χ4n) is 4.21. The Kier molecular flexibility index (Phi) is 6.51. The number of amidine groups is 1. The first-order valence-electron chi connectivity index (χ1n) is 11.4. The lowest BCUT2D eigenvalue weighted by atomic mass is 10.00. The van der Waals surface area contributed by atoms with Gasteiger partial charge >= 0.3 is 0 Å². The summed E-state index contributed by atoms with van der Waals surface area (Å²) in [5.74, 6) is 0.459. The summed E-state index contributed by atoms with van der Waals surface area (Å²) in [4.78, 5) is 38.4. The number of hydrogen-bond donors (Lipinski definition) is 0. The van der Waals surface area contributed by atoms with Gasteiger partial charge in [-0.1, -0.05) is 12.1 Å². The molecular weight excluding hydrogens is 452 g/mol. The third-order valence-corrected chi connectivity index (χ3v) is 6.09. The molecule has 1 atom stereocenters. The van der Waals surface area contributed by atoms with Gasteiger partial charge in [0.2, 0.25) is 11.9 Å². The zero-order valence-corrected chi connectivity index (χ0v) is 18.9. The molecule has 2 aliphatic heterocycles. The predicted molar refractivity (Wildman–Crippen MR) is 128 cm³/mol. The topological polar surface area (TPSA) is 86.9 Å². The van der Waals surface area contributed by atoms with Crippen molar-refractivity contribution in [1.82, 2.24) is 19.9 Å². The Morgan fingerprint density at radius 3 is 2.09 bits per heavy atom. The lowest BCUT2D eigenvalue weighted by Crippen LogP contribution is -2.49. The van der Waals surface area contributed by atoms with Crippen LogP contribution < -0.4 is 4.90 Å². The van der Waals surface area contributed by atoms with E-state index in [1.165, 1.54) is 36.9 Å². The van der Waals surface area contributed by atoms with Crippen LogP contribution in [0.4, 0.5) is 14.7 Å². The van der Waals surface area contributed by atoms with Crippen LogP contribution in [0.15, 0.2) is 71.2 Å². The number of aliphatic imine (C=N–C) groups is 2. The van der Waals surface area contributed by atoms with Gasteiger partial charge in [0.1, 0.15) is 24.3 Å². The van der Waals surface area contributed by atoms with Crippen molar-refractivity contribution < 1.29 is 13.6 Å². The number of carbonyl (C=O) groups is 1. The summed E-state index contributed by atoms with van der Waals surface area (Å²) in [6.07, 6.45) is 3.69. The van der Waals surface area contributed by atoms with E-state index in [1.807, 2.05) is 9.80 Å². The van der Waals surface area contributed by atoms with Crippen molar-refractivity contribution in [1.29, 1.82) is 0 Å². The molecule has 0 spiro atoms. The lowest BCUT2D eigenvalue weighted by molar-refractivity contribution is -0.131. The molecule has 1 saturated heterocycles. The number of halogens is 2. The molecule has 8 nitrogen and oxygen atoms in total. The highest BCUT2D eigenvalue weighted by atomic mass is 19.1. The summed E-state index contributed by atoms with van der Waals surface area (Å²) in [7, 11) is 0. The molecule has 178 valence electrons. The van der Waals surface area contributed by atoms with Gasteiger partial charge in [0, 0.05) is 38.2 Å².